The molecule has 6 heteroatoms. The maximum Gasteiger partial charge on any atom is 0.230 e. The molecular formula is C19H19N3OS2. The number of carbonyl (C=O) groups excluding carboxylic acids is 1. The minimum absolute atomic E-state index is 0.0263. The number of thioether (sulfide) groups is 2. The van der Waals surface area contributed by atoms with Gasteiger partial charge in [-0.05, 0) is 43.5 Å². The fraction of sp³-hybridized carbons (Fsp3) is 0.316. The Kier molecular flexibility index (Phi) is 5.67. The van der Waals surface area contributed by atoms with Crippen molar-refractivity contribution in [1.29, 1.82) is 5.26 Å². The van der Waals surface area contributed by atoms with Crippen molar-refractivity contribution in [3.63, 3.8) is 0 Å². The number of hydrogen-bond donors (Lipinski definition) is 1. The average Bonchev–Trinajstić information content (AvgIpc) is 2.60. The SMILES string of the molecule is Cc1cc(C)c(C#N)c(SCC(=O)N[C@@H]2CCSc3ccccc32)n1. The van der Waals surface area contributed by atoms with E-state index in [1.807, 2.05) is 43.8 Å². The maximum absolute atomic E-state index is 12.4. The number of amides is 1. The van der Waals surface area contributed by atoms with E-state index in [2.05, 4.69) is 28.5 Å². The molecule has 1 amide bonds. The van der Waals surface area contributed by atoms with Gasteiger partial charge in [-0.2, -0.15) is 5.26 Å². The lowest BCUT2D eigenvalue weighted by Gasteiger charge is -2.25. The second kappa shape index (κ2) is 7.94. The third-order valence-electron chi connectivity index (χ3n) is 4.06. The van der Waals surface area contributed by atoms with Crippen LogP contribution in [0.15, 0.2) is 40.3 Å². The van der Waals surface area contributed by atoms with E-state index in [4.69, 9.17) is 0 Å². The van der Waals surface area contributed by atoms with Crippen LogP contribution in [0.4, 0.5) is 0 Å². The van der Waals surface area contributed by atoms with Crippen molar-refractivity contribution in [3.8, 4) is 6.07 Å². The fourth-order valence-electron chi connectivity index (χ4n) is 2.90. The smallest absolute Gasteiger partial charge is 0.230 e. The van der Waals surface area contributed by atoms with Crippen molar-refractivity contribution in [2.24, 2.45) is 0 Å². The summed E-state index contributed by atoms with van der Waals surface area (Å²) < 4.78 is 0. The molecule has 1 N–H and O–H groups in total. The standard InChI is InChI=1S/C19H19N3OS2/c1-12-9-13(2)21-19(15(12)10-20)25-11-18(23)22-16-7-8-24-17-6-4-3-5-14(16)17/h3-6,9,16H,7-8,11H2,1-2H3,(H,22,23)/t16-/m1/s1. The zero-order valence-corrected chi connectivity index (χ0v) is 15.8. The summed E-state index contributed by atoms with van der Waals surface area (Å²) in [5, 5.41) is 13.1. The highest BCUT2D eigenvalue weighted by Gasteiger charge is 2.22. The van der Waals surface area contributed by atoms with Gasteiger partial charge in [0.1, 0.15) is 11.1 Å². The van der Waals surface area contributed by atoms with E-state index >= 15 is 0 Å². The van der Waals surface area contributed by atoms with Crippen molar-refractivity contribution in [1.82, 2.24) is 10.3 Å². The summed E-state index contributed by atoms with van der Waals surface area (Å²) in [6, 6.07) is 12.4. The van der Waals surface area contributed by atoms with Gasteiger partial charge in [0, 0.05) is 16.3 Å². The molecule has 1 aromatic heterocycles. The topological polar surface area (TPSA) is 65.8 Å². The third kappa shape index (κ3) is 4.17. The Morgan fingerprint density at radius 3 is 3.04 bits per heavy atom. The van der Waals surface area contributed by atoms with Crippen LogP contribution in [0.2, 0.25) is 0 Å². The van der Waals surface area contributed by atoms with Crippen LogP contribution in [-0.2, 0) is 4.79 Å². The Bertz CT molecular complexity index is 845. The lowest BCUT2D eigenvalue weighted by atomic mass is 10.0. The quantitative estimate of drug-likeness (QED) is 0.825. The molecule has 0 saturated carbocycles. The van der Waals surface area contributed by atoms with Crippen LogP contribution < -0.4 is 5.32 Å². The van der Waals surface area contributed by atoms with Crippen molar-refractivity contribution < 1.29 is 4.79 Å². The normalized spacial score (nSPS) is 16.0. The second-order valence-corrected chi connectivity index (χ2v) is 8.06. The molecule has 25 heavy (non-hydrogen) atoms. The van der Waals surface area contributed by atoms with E-state index in [-0.39, 0.29) is 17.7 Å². The van der Waals surface area contributed by atoms with Crippen molar-refractivity contribution >= 4 is 29.4 Å². The maximum atomic E-state index is 12.4. The minimum Gasteiger partial charge on any atom is -0.349 e. The van der Waals surface area contributed by atoms with E-state index in [1.165, 1.54) is 22.2 Å². The molecular weight excluding hydrogens is 350 g/mol. The number of hydrogen-bond acceptors (Lipinski definition) is 5. The number of nitriles is 1. The van der Waals surface area contributed by atoms with Crippen molar-refractivity contribution in [3.05, 3.63) is 52.7 Å². The molecule has 2 heterocycles. The first-order valence-electron chi connectivity index (χ1n) is 8.10. The highest BCUT2D eigenvalue weighted by atomic mass is 32.2. The number of benzene rings is 1. The van der Waals surface area contributed by atoms with E-state index in [9.17, 15) is 10.1 Å². The highest BCUT2D eigenvalue weighted by Crippen LogP contribution is 2.35. The minimum atomic E-state index is -0.0263. The van der Waals surface area contributed by atoms with E-state index in [0.717, 1.165) is 23.4 Å². The molecule has 0 radical (unpaired) electrons. The van der Waals surface area contributed by atoms with Gasteiger partial charge in [0.15, 0.2) is 0 Å². The number of aryl methyl sites for hydroxylation is 2. The van der Waals surface area contributed by atoms with Gasteiger partial charge in [0.2, 0.25) is 5.91 Å². The van der Waals surface area contributed by atoms with E-state index in [1.54, 1.807) is 0 Å². The van der Waals surface area contributed by atoms with Crippen LogP contribution in [0.5, 0.6) is 0 Å². The molecule has 0 saturated heterocycles. The van der Waals surface area contributed by atoms with Crippen LogP contribution in [-0.4, -0.2) is 22.4 Å². The summed E-state index contributed by atoms with van der Waals surface area (Å²) in [6.07, 6.45) is 0.934. The van der Waals surface area contributed by atoms with Crippen LogP contribution in [0, 0.1) is 25.2 Å². The van der Waals surface area contributed by atoms with Crippen LogP contribution in [0.1, 0.15) is 34.8 Å². The molecule has 4 nitrogen and oxygen atoms in total. The number of pyridine rings is 1. The Morgan fingerprint density at radius 2 is 2.24 bits per heavy atom. The Balaban J connectivity index is 1.66. The Labute approximate surface area is 156 Å². The number of rotatable bonds is 4. The lowest BCUT2D eigenvalue weighted by Crippen LogP contribution is -2.31. The van der Waals surface area contributed by atoms with Gasteiger partial charge in [-0.25, -0.2) is 4.98 Å². The van der Waals surface area contributed by atoms with Gasteiger partial charge < -0.3 is 5.32 Å². The molecule has 128 valence electrons. The molecule has 2 aromatic rings. The van der Waals surface area contributed by atoms with Gasteiger partial charge in [0.25, 0.3) is 0 Å². The molecule has 3 rings (SSSR count). The molecule has 1 aliphatic heterocycles. The van der Waals surface area contributed by atoms with Crippen molar-refractivity contribution in [2.45, 2.75) is 36.2 Å². The van der Waals surface area contributed by atoms with E-state index < -0.39 is 0 Å². The summed E-state index contributed by atoms with van der Waals surface area (Å²) in [6.45, 7) is 3.79. The van der Waals surface area contributed by atoms with Gasteiger partial charge in [-0.15, -0.1) is 11.8 Å². The molecule has 0 bridgehead atoms. The highest BCUT2D eigenvalue weighted by molar-refractivity contribution is 8.00. The molecule has 0 unspecified atom stereocenters. The first-order valence-corrected chi connectivity index (χ1v) is 10.1. The zero-order valence-electron chi connectivity index (χ0n) is 14.2. The van der Waals surface area contributed by atoms with Crippen LogP contribution in [0.3, 0.4) is 0 Å². The average molecular weight is 370 g/mol. The molecule has 1 aromatic carbocycles. The summed E-state index contributed by atoms with van der Waals surface area (Å²) in [4.78, 5) is 18.1. The second-order valence-electron chi connectivity index (χ2n) is 5.96. The Morgan fingerprint density at radius 1 is 1.44 bits per heavy atom. The van der Waals surface area contributed by atoms with Gasteiger partial charge in [-0.1, -0.05) is 30.0 Å². The number of fused-ring (bicyclic) bond motifs is 1. The van der Waals surface area contributed by atoms with E-state index in [0.29, 0.717) is 10.6 Å². The van der Waals surface area contributed by atoms with Gasteiger partial charge in [0.05, 0.1) is 17.4 Å². The van der Waals surface area contributed by atoms with Crippen molar-refractivity contribution in [2.75, 3.05) is 11.5 Å². The predicted molar refractivity (Wildman–Crippen MR) is 102 cm³/mol. The lowest BCUT2D eigenvalue weighted by molar-refractivity contribution is -0.119. The number of nitrogens with zero attached hydrogens (tertiary/aromatic N) is 2. The first-order chi connectivity index (χ1) is 12.1. The number of nitrogens with one attached hydrogen (secondary N) is 1. The number of aromatic nitrogens is 1. The van der Waals surface area contributed by atoms with Crippen LogP contribution >= 0.6 is 23.5 Å². The first kappa shape index (κ1) is 17.8. The predicted octanol–water partition coefficient (Wildman–Crippen LogP) is 4.02. The summed E-state index contributed by atoms with van der Waals surface area (Å²) in [5.41, 5.74) is 3.51. The zero-order chi connectivity index (χ0) is 17.8. The summed E-state index contributed by atoms with van der Waals surface area (Å²) in [5.74, 6) is 1.24. The Hall–Kier alpha value is -1.97. The molecule has 1 aliphatic rings. The van der Waals surface area contributed by atoms with Gasteiger partial charge >= 0.3 is 0 Å². The molecule has 1 atom stereocenters. The third-order valence-corrected chi connectivity index (χ3v) is 6.16. The molecule has 0 aliphatic carbocycles. The summed E-state index contributed by atoms with van der Waals surface area (Å²) >= 11 is 3.16. The van der Waals surface area contributed by atoms with Gasteiger partial charge in [-0.3, -0.25) is 4.79 Å². The van der Waals surface area contributed by atoms with Crippen LogP contribution in [0.25, 0.3) is 0 Å². The monoisotopic (exact) mass is 369 g/mol. The molecule has 0 fully saturated rings. The fourth-order valence-corrected chi connectivity index (χ4v) is 4.94. The molecule has 0 spiro atoms. The number of carbonyl (C=O) groups is 1. The largest absolute Gasteiger partial charge is 0.349 e. The summed E-state index contributed by atoms with van der Waals surface area (Å²) in [7, 11) is 0.